The van der Waals surface area contributed by atoms with Crippen molar-refractivity contribution in [3.05, 3.63) is 29.8 Å². The van der Waals surface area contributed by atoms with Crippen LogP contribution in [0, 0.1) is 0 Å². The topological polar surface area (TPSA) is 41.1 Å². The van der Waals surface area contributed by atoms with Crippen LogP contribution in [0.4, 0.5) is 18.9 Å². The molecule has 0 saturated carbocycles. The molecule has 0 aliphatic rings. The van der Waals surface area contributed by atoms with E-state index in [0.29, 0.717) is 12.0 Å². The Morgan fingerprint density at radius 3 is 2.32 bits per heavy atom. The van der Waals surface area contributed by atoms with Crippen molar-refractivity contribution in [2.24, 2.45) is 0 Å². The Bertz CT molecular complexity index is 401. The van der Waals surface area contributed by atoms with Gasteiger partial charge >= 0.3 is 6.18 Å². The van der Waals surface area contributed by atoms with Gasteiger partial charge in [0.2, 0.25) is 0 Å². The highest BCUT2D eigenvalue weighted by Gasteiger charge is 2.25. The van der Waals surface area contributed by atoms with Gasteiger partial charge in [-0.1, -0.05) is 0 Å². The summed E-state index contributed by atoms with van der Waals surface area (Å²) in [4.78, 5) is 11.7. The summed E-state index contributed by atoms with van der Waals surface area (Å²) in [5.74, 6) is -0.269. The number of hydrogen-bond donors (Lipinski definition) is 2. The fourth-order valence-electron chi connectivity index (χ4n) is 1.54. The summed E-state index contributed by atoms with van der Waals surface area (Å²) in [7, 11) is 1.77. The molecule has 0 atom stereocenters. The fraction of sp³-hybridized carbons (Fsp3) is 0.462. The van der Waals surface area contributed by atoms with Crippen LogP contribution in [0.2, 0.25) is 0 Å². The number of anilines is 1. The van der Waals surface area contributed by atoms with Gasteiger partial charge in [0.05, 0.1) is 0 Å². The minimum atomic E-state index is -4.12. The number of halogens is 3. The van der Waals surface area contributed by atoms with Gasteiger partial charge in [-0.2, -0.15) is 13.2 Å². The zero-order valence-corrected chi connectivity index (χ0v) is 10.7. The number of alkyl halides is 3. The largest absolute Gasteiger partial charge is 0.389 e. The molecule has 0 aliphatic heterocycles. The molecule has 0 fully saturated rings. The van der Waals surface area contributed by atoms with Crippen molar-refractivity contribution < 1.29 is 18.0 Å². The number of amides is 1. The average molecular weight is 274 g/mol. The first kappa shape index (κ1) is 15.3. The van der Waals surface area contributed by atoms with Crippen LogP contribution in [0.1, 0.15) is 29.6 Å². The Morgan fingerprint density at radius 1 is 1.16 bits per heavy atom. The van der Waals surface area contributed by atoms with Gasteiger partial charge in [-0.05, 0) is 37.1 Å². The van der Waals surface area contributed by atoms with E-state index in [0.717, 1.165) is 5.69 Å². The van der Waals surface area contributed by atoms with Crippen molar-refractivity contribution in [3.8, 4) is 0 Å². The monoisotopic (exact) mass is 274 g/mol. The molecule has 1 aromatic carbocycles. The Kier molecular flexibility index (Phi) is 5.66. The van der Waals surface area contributed by atoms with Gasteiger partial charge in [-0.15, -0.1) is 0 Å². The van der Waals surface area contributed by atoms with Crippen LogP contribution >= 0.6 is 0 Å². The molecule has 0 radical (unpaired) electrons. The van der Waals surface area contributed by atoms with E-state index in [-0.39, 0.29) is 18.9 Å². The van der Waals surface area contributed by atoms with Crippen molar-refractivity contribution in [3.63, 3.8) is 0 Å². The van der Waals surface area contributed by atoms with E-state index in [4.69, 9.17) is 0 Å². The lowest BCUT2D eigenvalue weighted by Gasteiger charge is -2.07. The van der Waals surface area contributed by atoms with E-state index >= 15 is 0 Å². The molecule has 0 aliphatic carbocycles. The highest BCUT2D eigenvalue weighted by atomic mass is 19.4. The molecule has 3 nitrogen and oxygen atoms in total. The summed E-state index contributed by atoms with van der Waals surface area (Å²) < 4.78 is 35.7. The van der Waals surface area contributed by atoms with Crippen LogP contribution in [-0.2, 0) is 0 Å². The van der Waals surface area contributed by atoms with E-state index in [1.165, 1.54) is 0 Å². The second-order valence-electron chi connectivity index (χ2n) is 4.16. The first-order chi connectivity index (χ1) is 8.92. The lowest BCUT2D eigenvalue weighted by atomic mass is 10.2. The van der Waals surface area contributed by atoms with Crippen molar-refractivity contribution in [1.82, 2.24) is 5.32 Å². The predicted octanol–water partition coefficient (Wildman–Crippen LogP) is 3.19. The van der Waals surface area contributed by atoms with Crippen molar-refractivity contribution in [1.29, 1.82) is 0 Å². The first-order valence-electron chi connectivity index (χ1n) is 6.05. The molecule has 0 heterocycles. The van der Waals surface area contributed by atoms with Gasteiger partial charge in [0.25, 0.3) is 5.91 Å². The molecule has 2 N–H and O–H groups in total. The first-order valence-corrected chi connectivity index (χ1v) is 6.05. The quantitative estimate of drug-likeness (QED) is 0.782. The number of nitrogens with one attached hydrogen (secondary N) is 2. The third-order valence-electron chi connectivity index (χ3n) is 2.61. The third kappa shape index (κ3) is 6.13. The summed E-state index contributed by atoms with van der Waals surface area (Å²) in [5.41, 5.74) is 1.39. The second kappa shape index (κ2) is 7.01. The van der Waals surface area contributed by atoms with Gasteiger partial charge in [0, 0.05) is 31.3 Å². The van der Waals surface area contributed by atoms with Crippen LogP contribution in [0.25, 0.3) is 0 Å². The van der Waals surface area contributed by atoms with Gasteiger partial charge in [-0.3, -0.25) is 4.79 Å². The lowest BCUT2D eigenvalue weighted by Crippen LogP contribution is -2.24. The molecule has 6 heteroatoms. The Morgan fingerprint density at radius 2 is 1.79 bits per heavy atom. The van der Waals surface area contributed by atoms with Crippen LogP contribution in [0.15, 0.2) is 24.3 Å². The Hall–Kier alpha value is -1.72. The summed E-state index contributed by atoms with van der Waals surface area (Å²) >= 11 is 0. The van der Waals surface area contributed by atoms with E-state index in [9.17, 15) is 18.0 Å². The van der Waals surface area contributed by atoms with Gasteiger partial charge < -0.3 is 10.6 Å². The molecular formula is C13H17F3N2O. The highest BCUT2D eigenvalue weighted by molar-refractivity contribution is 5.94. The number of carbonyl (C=O) groups excluding carboxylic acids is 1. The van der Waals surface area contributed by atoms with Crippen molar-refractivity contribution in [2.75, 3.05) is 18.9 Å². The van der Waals surface area contributed by atoms with Crippen molar-refractivity contribution in [2.45, 2.75) is 25.4 Å². The molecule has 0 unspecified atom stereocenters. The normalized spacial score (nSPS) is 11.2. The zero-order valence-electron chi connectivity index (χ0n) is 10.7. The number of rotatable bonds is 6. The van der Waals surface area contributed by atoms with E-state index in [1.54, 1.807) is 31.3 Å². The SMILES string of the molecule is CNc1ccc(C(=O)NCCCCC(F)(F)F)cc1. The molecule has 1 rings (SSSR count). The summed E-state index contributed by atoms with van der Waals surface area (Å²) in [5, 5.41) is 5.52. The van der Waals surface area contributed by atoms with Crippen LogP contribution in [0.5, 0.6) is 0 Å². The molecule has 0 bridgehead atoms. The molecule has 1 aromatic rings. The molecular weight excluding hydrogens is 257 g/mol. The predicted molar refractivity (Wildman–Crippen MR) is 68.2 cm³/mol. The maximum atomic E-state index is 11.9. The minimum absolute atomic E-state index is 0.0302. The van der Waals surface area contributed by atoms with Crippen LogP contribution in [-0.4, -0.2) is 25.7 Å². The smallest absolute Gasteiger partial charge is 0.388 e. The molecule has 19 heavy (non-hydrogen) atoms. The molecule has 0 aromatic heterocycles. The highest BCUT2D eigenvalue weighted by Crippen LogP contribution is 2.21. The summed E-state index contributed by atoms with van der Waals surface area (Å²) in [6, 6.07) is 6.85. The summed E-state index contributed by atoms with van der Waals surface area (Å²) in [6.07, 6.45) is -4.57. The lowest BCUT2D eigenvalue weighted by molar-refractivity contribution is -0.135. The Balaban J connectivity index is 2.27. The molecule has 1 amide bonds. The van der Waals surface area contributed by atoms with E-state index < -0.39 is 12.6 Å². The maximum Gasteiger partial charge on any atom is 0.389 e. The van der Waals surface area contributed by atoms with Crippen molar-refractivity contribution >= 4 is 11.6 Å². The average Bonchev–Trinajstić information content (AvgIpc) is 2.37. The number of carbonyl (C=O) groups is 1. The van der Waals surface area contributed by atoms with Gasteiger partial charge in [-0.25, -0.2) is 0 Å². The van der Waals surface area contributed by atoms with E-state index in [1.807, 2.05) is 0 Å². The fourth-order valence-corrected chi connectivity index (χ4v) is 1.54. The number of benzene rings is 1. The zero-order chi connectivity index (χ0) is 14.3. The Labute approximate surface area is 110 Å². The molecule has 0 saturated heterocycles. The third-order valence-corrected chi connectivity index (χ3v) is 2.61. The standard InChI is InChI=1S/C13H17F3N2O/c1-17-11-6-4-10(5-7-11)12(19)18-9-3-2-8-13(14,15)16/h4-7,17H,2-3,8-9H2,1H3,(H,18,19). The van der Waals surface area contributed by atoms with E-state index in [2.05, 4.69) is 10.6 Å². The number of hydrogen-bond acceptors (Lipinski definition) is 2. The van der Waals surface area contributed by atoms with Crippen LogP contribution < -0.4 is 10.6 Å². The van der Waals surface area contributed by atoms with Gasteiger partial charge in [0.1, 0.15) is 0 Å². The summed E-state index contributed by atoms with van der Waals surface area (Å²) in [6.45, 7) is 0.253. The number of unbranched alkanes of at least 4 members (excludes halogenated alkanes) is 1. The maximum absolute atomic E-state index is 11.9. The van der Waals surface area contributed by atoms with Gasteiger partial charge in [0.15, 0.2) is 0 Å². The minimum Gasteiger partial charge on any atom is -0.388 e. The van der Waals surface area contributed by atoms with Crippen LogP contribution in [0.3, 0.4) is 0 Å². The molecule has 0 spiro atoms. The molecule has 106 valence electrons. The second-order valence-corrected chi connectivity index (χ2v) is 4.16.